The van der Waals surface area contributed by atoms with Gasteiger partial charge in [0.15, 0.2) is 5.78 Å². The first-order chi connectivity index (χ1) is 8.32. The van der Waals surface area contributed by atoms with Gasteiger partial charge >= 0.3 is 0 Å². The van der Waals surface area contributed by atoms with Crippen molar-refractivity contribution in [3.8, 4) is 0 Å². The molecule has 1 heterocycles. The topological polar surface area (TPSA) is 22.0 Å². The third-order valence-electron chi connectivity index (χ3n) is 3.52. The summed E-state index contributed by atoms with van der Waals surface area (Å²) in [4.78, 5) is 12.4. The second-order valence-corrected chi connectivity index (χ2v) is 6.02. The van der Waals surface area contributed by atoms with Crippen molar-refractivity contribution in [1.82, 2.24) is 4.57 Å². The lowest BCUT2D eigenvalue weighted by atomic mass is 9.87. The van der Waals surface area contributed by atoms with Gasteiger partial charge in [-0.3, -0.25) is 4.79 Å². The number of carbonyl (C=O) groups excluding carboxylic acids is 1. The Morgan fingerprint density at radius 2 is 1.89 bits per heavy atom. The third-order valence-corrected chi connectivity index (χ3v) is 3.52. The summed E-state index contributed by atoms with van der Waals surface area (Å²) in [6.07, 6.45) is 2.02. The van der Waals surface area contributed by atoms with E-state index < -0.39 is 0 Å². The number of hydrogen-bond acceptors (Lipinski definition) is 1. The molecule has 96 valence electrons. The Bertz CT molecular complexity index is 587. The maximum Gasteiger partial charge on any atom is 0.160 e. The molecule has 0 aliphatic rings. The number of nitrogens with zero attached hydrogens (tertiary/aromatic N) is 1. The van der Waals surface area contributed by atoms with Gasteiger partial charge in [0.1, 0.15) is 0 Å². The van der Waals surface area contributed by atoms with Gasteiger partial charge in [0, 0.05) is 22.5 Å². The number of fused-ring (bicyclic) bond motifs is 1. The zero-order valence-corrected chi connectivity index (χ0v) is 11.8. The second kappa shape index (κ2) is 4.27. The quantitative estimate of drug-likeness (QED) is 0.777. The van der Waals surface area contributed by atoms with E-state index in [0.717, 1.165) is 5.52 Å². The van der Waals surface area contributed by atoms with Crippen LogP contribution < -0.4 is 0 Å². The summed E-state index contributed by atoms with van der Waals surface area (Å²) < 4.78 is 2.08. The molecule has 0 saturated heterocycles. The van der Waals surface area contributed by atoms with Crippen LogP contribution in [0.3, 0.4) is 0 Å². The van der Waals surface area contributed by atoms with Gasteiger partial charge in [-0.15, -0.1) is 0 Å². The summed E-state index contributed by atoms with van der Waals surface area (Å²) in [5, 5.41) is 1.23. The van der Waals surface area contributed by atoms with Crippen LogP contribution >= 0.6 is 0 Å². The minimum absolute atomic E-state index is 0.121. The van der Waals surface area contributed by atoms with Crippen LogP contribution in [0.5, 0.6) is 0 Å². The zero-order valence-electron chi connectivity index (χ0n) is 11.8. The number of rotatable bonds is 2. The first-order valence-electron chi connectivity index (χ1n) is 6.43. The van der Waals surface area contributed by atoms with Crippen LogP contribution in [0.2, 0.25) is 0 Å². The van der Waals surface area contributed by atoms with E-state index in [4.69, 9.17) is 0 Å². The lowest BCUT2D eigenvalue weighted by molar-refractivity contribution is -0.129. The van der Waals surface area contributed by atoms with Crippen molar-refractivity contribution in [2.45, 2.75) is 40.7 Å². The van der Waals surface area contributed by atoms with Crippen LogP contribution in [0, 0.1) is 12.3 Å². The summed E-state index contributed by atoms with van der Waals surface area (Å²) >= 11 is 0. The standard InChI is InChI=1S/C16H21NO/c1-11-7-6-8-14-13(11)9-10-17(14)12(2)15(18)16(3,4)5/h6-10,12H,1-5H3. The molecule has 0 aliphatic heterocycles. The Labute approximate surface area is 109 Å². The van der Waals surface area contributed by atoms with Crippen LogP contribution in [-0.4, -0.2) is 10.4 Å². The Hall–Kier alpha value is -1.57. The summed E-state index contributed by atoms with van der Waals surface area (Å²) in [6, 6.07) is 8.20. The third kappa shape index (κ3) is 2.07. The molecule has 1 atom stereocenters. The minimum atomic E-state index is -0.306. The highest BCUT2D eigenvalue weighted by Gasteiger charge is 2.28. The molecule has 0 fully saturated rings. The van der Waals surface area contributed by atoms with Crippen LogP contribution in [-0.2, 0) is 4.79 Å². The van der Waals surface area contributed by atoms with E-state index >= 15 is 0 Å². The normalized spacial score (nSPS) is 13.8. The molecule has 2 heteroatoms. The fraction of sp³-hybridized carbons (Fsp3) is 0.438. The van der Waals surface area contributed by atoms with Crippen molar-refractivity contribution in [1.29, 1.82) is 0 Å². The molecule has 0 bridgehead atoms. The Morgan fingerprint density at radius 1 is 1.22 bits per heavy atom. The van der Waals surface area contributed by atoms with Gasteiger partial charge in [-0.05, 0) is 31.5 Å². The molecule has 0 aliphatic carbocycles. The van der Waals surface area contributed by atoms with Gasteiger partial charge in [0.25, 0.3) is 0 Å². The number of hydrogen-bond donors (Lipinski definition) is 0. The summed E-state index contributed by atoms with van der Waals surface area (Å²) in [7, 11) is 0. The number of aryl methyl sites for hydroxylation is 1. The van der Waals surface area contributed by atoms with Gasteiger partial charge in [0.05, 0.1) is 6.04 Å². The van der Waals surface area contributed by atoms with Gasteiger partial charge in [-0.2, -0.15) is 0 Å². The van der Waals surface area contributed by atoms with E-state index in [1.807, 2.05) is 40.0 Å². The van der Waals surface area contributed by atoms with Crippen LogP contribution in [0.4, 0.5) is 0 Å². The first kappa shape index (κ1) is 12.9. The van der Waals surface area contributed by atoms with Crippen molar-refractivity contribution in [3.63, 3.8) is 0 Å². The fourth-order valence-corrected chi connectivity index (χ4v) is 2.43. The molecule has 0 spiro atoms. The number of Topliss-reactive ketones (excluding diaryl/α,β-unsaturated/α-hetero) is 1. The van der Waals surface area contributed by atoms with E-state index in [-0.39, 0.29) is 17.2 Å². The highest BCUT2D eigenvalue weighted by Crippen LogP contribution is 2.28. The van der Waals surface area contributed by atoms with Crippen molar-refractivity contribution in [2.75, 3.05) is 0 Å². The molecule has 2 aromatic rings. The minimum Gasteiger partial charge on any atom is -0.337 e. The maximum absolute atomic E-state index is 12.4. The highest BCUT2D eigenvalue weighted by molar-refractivity contribution is 5.90. The van der Waals surface area contributed by atoms with E-state index in [9.17, 15) is 4.79 Å². The van der Waals surface area contributed by atoms with Crippen LogP contribution in [0.1, 0.15) is 39.3 Å². The first-order valence-corrected chi connectivity index (χ1v) is 6.43. The predicted molar refractivity (Wildman–Crippen MR) is 75.8 cm³/mol. The Morgan fingerprint density at radius 3 is 2.50 bits per heavy atom. The van der Waals surface area contributed by atoms with Crippen LogP contribution in [0.15, 0.2) is 30.5 Å². The molecule has 0 saturated carbocycles. The van der Waals surface area contributed by atoms with Crippen molar-refractivity contribution in [3.05, 3.63) is 36.0 Å². The van der Waals surface area contributed by atoms with Gasteiger partial charge < -0.3 is 4.57 Å². The lowest BCUT2D eigenvalue weighted by Gasteiger charge is -2.23. The number of carbonyl (C=O) groups is 1. The zero-order chi connectivity index (χ0) is 13.5. The van der Waals surface area contributed by atoms with Gasteiger partial charge in [-0.1, -0.05) is 32.9 Å². The monoisotopic (exact) mass is 243 g/mol. The van der Waals surface area contributed by atoms with Gasteiger partial charge in [-0.25, -0.2) is 0 Å². The number of ketones is 1. The van der Waals surface area contributed by atoms with E-state index in [2.05, 4.69) is 29.7 Å². The number of aromatic nitrogens is 1. The highest BCUT2D eigenvalue weighted by atomic mass is 16.1. The molecule has 0 radical (unpaired) electrons. The molecule has 1 aromatic carbocycles. The SMILES string of the molecule is Cc1cccc2c1ccn2C(C)C(=O)C(C)(C)C. The lowest BCUT2D eigenvalue weighted by Crippen LogP contribution is -2.28. The fourth-order valence-electron chi connectivity index (χ4n) is 2.43. The predicted octanol–water partition coefficient (Wildman–Crippen LogP) is 4.13. The smallest absolute Gasteiger partial charge is 0.160 e. The van der Waals surface area contributed by atoms with Crippen molar-refractivity contribution in [2.24, 2.45) is 5.41 Å². The molecular weight excluding hydrogens is 222 g/mol. The average molecular weight is 243 g/mol. The maximum atomic E-state index is 12.4. The molecular formula is C16H21NO. The molecule has 0 N–H and O–H groups in total. The van der Waals surface area contributed by atoms with E-state index in [1.54, 1.807) is 0 Å². The largest absolute Gasteiger partial charge is 0.337 e. The van der Waals surface area contributed by atoms with Crippen LogP contribution in [0.25, 0.3) is 10.9 Å². The van der Waals surface area contributed by atoms with Gasteiger partial charge in [0.2, 0.25) is 0 Å². The molecule has 18 heavy (non-hydrogen) atoms. The molecule has 2 rings (SSSR count). The summed E-state index contributed by atoms with van der Waals surface area (Å²) in [5.41, 5.74) is 2.08. The summed E-state index contributed by atoms with van der Waals surface area (Å²) in [6.45, 7) is 10.0. The molecule has 1 aromatic heterocycles. The summed E-state index contributed by atoms with van der Waals surface area (Å²) in [5.74, 6) is 0.265. The number of benzene rings is 1. The van der Waals surface area contributed by atoms with E-state index in [0.29, 0.717) is 0 Å². The molecule has 1 unspecified atom stereocenters. The Balaban J connectivity index is 2.49. The molecule has 0 amide bonds. The molecule has 2 nitrogen and oxygen atoms in total. The van der Waals surface area contributed by atoms with Crippen molar-refractivity contribution < 1.29 is 4.79 Å². The average Bonchev–Trinajstić information content (AvgIpc) is 2.71. The van der Waals surface area contributed by atoms with Crippen molar-refractivity contribution >= 4 is 16.7 Å². The second-order valence-electron chi connectivity index (χ2n) is 6.02. The van der Waals surface area contributed by atoms with E-state index in [1.165, 1.54) is 10.9 Å². The Kier molecular flexibility index (Phi) is 3.05.